The van der Waals surface area contributed by atoms with E-state index in [-0.39, 0.29) is 6.61 Å². The van der Waals surface area contributed by atoms with Crippen LogP contribution in [0.15, 0.2) is 0 Å². The molecule has 3 nitrogen and oxygen atoms in total. The second kappa shape index (κ2) is 33.5. The van der Waals surface area contributed by atoms with Crippen LogP contribution in [0.25, 0.3) is 0 Å². The molecule has 0 aromatic carbocycles. The van der Waals surface area contributed by atoms with Crippen molar-refractivity contribution < 1.29 is 15.3 Å². The van der Waals surface area contributed by atoms with E-state index >= 15 is 0 Å². The minimum absolute atomic E-state index is 0.250. The van der Waals surface area contributed by atoms with Gasteiger partial charge in [-0.05, 0) is 25.7 Å². The van der Waals surface area contributed by atoms with Crippen LogP contribution in [-0.4, -0.2) is 35.1 Å². The zero-order valence-electron chi connectivity index (χ0n) is 19.4. The third-order valence-electron chi connectivity index (χ3n) is 4.60. The molecular weight excluding hydrogens is 336 g/mol. The van der Waals surface area contributed by atoms with Gasteiger partial charge in [-0.25, -0.2) is 0 Å². The Morgan fingerprint density at radius 3 is 1.07 bits per heavy atom. The highest BCUT2D eigenvalue weighted by atomic mass is 16.3. The second-order valence-corrected chi connectivity index (χ2v) is 7.71. The molecule has 0 radical (unpaired) electrons. The Labute approximate surface area is 172 Å². The Morgan fingerprint density at radius 2 is 0.852 bits per heavy atom. The van der Waals surface area contributed by atoms with Crippen molar-refractivity contribution in [2.45, 2.75) is 130 Å². The van der Waals surface area contributed by atoms with E-state index in [9.17, 15) is 0 Å². The summed E-state index contributed by atoms with van der Waals surface area (Å²) in [6, 6.07) is 0. The van der Waals surface area contributed by atoms with Gasteiger partial charge in [0.2, 0.25) is 0 Å². The minimum Gasteiger partial charge on any atom is -0.397 e. The molecule has 0 saturated carbocycles. The van der Waals surface area contributed by atoms with Gasteiger partial charge in [-0.3, -0.25) is 0 Å². The van der Waals surface area contributed by atoms with Gasteiger partial charge >= 0.3 is 0 Å². The van der Waals surface area contributed by atoms with E-state index in [1.165, 1.54) is 89.9 Å². The Balaban J connectivity index is -0.000000476. The van der Waals surface area contributed by atoms with Crippen LogP contribution in [0, 0.1) is 5.92 Å². The Kier molecular flexibility index (Phi) is 39.1. The maximum absolute atomic E-state index is 8.64. The fraction of sp³-hybridized carbons (Fsp3) is 1.00. The van der Waals surface area contributed by atoms with E-state index in [0.29, 0.717) is 19.1 Å². The van der Waals surface area contributed by atoms with Crippen molar-refractivity contribution in [3.63, 3.8) is 0 Å². The van der Waals surface area contributed by atoms with Gasteiger partial charge in [0, 0.05) is 19.8 Å². The summed E-state index contributed by atoms with van der Waals surface area (Å²) in [6.45, 7) is 9.11. The summed E-state index contributed by atoms with van der Waals surface area (Å²) in [5.41, 5.74) is 0. The second-order valence-electron chi connectivity index (χ2n) is 7.71. The lowest BCUT2D eigenvalue weighted by Gasteiger charge is -2.02. The number of hydrogen-bond acceptors (Lipinski definition) is 3. The van der Waals surface area contributed by atoms with Crippen molar-refractivity contribution in [3.8, 4) is 0 Å². The van der Waals surface area contributed by atoms with Crippen LogP contribution >= 0.6 is 0 Å². The van der Waals surface area contributed by atoms with Gasteiger partial charge in [0.15, 0.2) is 0 Å². The van der Waals surface area contributed by atoms with Crippen LogP contribution in [0.4, 0.5) is 0 Å². The molecule has 3 N–H and O–H groups in total. The van der Waals surface area contributed by atoms with Crippen LogP contribution in [0.3, 0.4) is 0 Å². The van der Waals surface area contributed by atoms with Crippen LogP contribution in [-0.2, 0) is 0 Å². The van der Waals surface area contributed by atoms with Crippen LogP contribution in [0.2, 0.25) is 0 Å². The SMILES string of the molecule is CCCC(C)CO.CCCCCCCCCCCCCCCCO.CCO. The van der Waals surface area contributed by atoms with Crippen molar-refractivity contribution in [1.82, 2.24) is 0 Å². The molecule has 0 aliphatic heterocycles. The minimum atomic E-state index is 0.250. The van der Waals surface area contributed by atoms with Gasteiger partial charge in [-0.1, -0.05) is 111 Å². The standard InChI is InChI=1S/C16H34O.C6H14O.C2H6O/c1-2-3-4-5-6-7-8-9-10-11-12-13-14-15-16-17;1-3-4-6(2)5-7;1-2-3/h17H,2-16H2,1H3;6-7H,3-5H2,1-2H3;3H,2H2,1H3. The number of aliphatic hydroxyl groups is 3. The highest BCUT2D eigenvalue weighted by Crippen LogP contribution is 2.12. The molecule has 3 heteroatoms. The highest BCUT2D eigenvalue weighted by Gasteiger charge is 1.94. The third-order valence-corrected chi connectivity index (χ3v) is 4.60. The topological polar surface area (TPSA) is 60.7 Å². The number of hydrogen-bond donors (Lipinski definition) is 3. The highest BCUT2D eigenvalue weighted by molar-refractivity contribution is 4.49. The van der Waals surface area contributed by atoms with Crippen LogP contribution in [0.1, 0.15) is 130 Å². The molecule has 0 amide bonds. The first-order valence-electron chi connectivity index (χ1n) is 12.0. The Morgan fingerprint density at radius 1 is 0.519 bits per heavy atom. The summed E-state index contributed by atoms with van der Waals surface area (Å²) in [4.78, 5) is 0. The molecule has 0 aromatic heterocycles. The molecule has 0 fully saturated rings. The molecular formula is C24H54O3. The summed E-state index contributed by atoms with van der Waals surface area (Å²) < 4.78 is 0. The summed E-state index contributed by atoms with van der Waals surface area (Å²) in [7, 11) is 0. The summed E-state index contributed by atoms with van der Waals surface area (Å²) in [5, 5.41) is 24.7. The molecule has 1 atom stereocenters. The van der Waals surface area contributed by atoms with Crippen LogP contribution < -0.4 is 0 Å². The molecule has 0 aliphatic carbocycles. The number of rotatable bonds is 17. The zero-order valence-corrected chi connectivity index (χ0v) is 19.4. The largest absolute Gasteiger partial charge is 0.397 e. The first-order chi connectivity index (χ1) is 13.1. The maximum Gasteiger partial charge on any atom is 0.0456 e. The van der Waals surface area contributed by atoms with Crippen molar-refractivity contribution in [3.05, 3.63) is 0 Å². The molecule has 0 saturated heterocycles. The van der Waals surface area contributed by atoms with E-state index in [0.717, 1.165) is 12.8 Å². The lowest BCUT2D eigenvalue weighted by atomic mass is 10.0. The average Bonchev–Trinajstić information content (AvgIpc) is 2.67. The molecule has 0 rings (SSSR count). The van der Waals surface area contributed by atoms with Gasteiger partial charge in [-0.15, -0.1) is 0 Å². The van der Waals surface area contributed by atoms with Gasteiger partial charge in [0.05, 0.1) is 0 Å². The quantitative estimate of drug-likeness (QED) is 0.237. The predicted octanol–water partition coefficient (Wildman–Crippen LogP) is 6.87. The van der Waals surface area contributed by atoms with Gasteiger partial charge in [0.1, 0.15) is 0 Å². The van der Waals surface area contributed by atoms with E-state index in [2.05, 4.69) is 20.8 Å². The first kappa shape index (κ1) is 31.6. The monoisotopic (exact) mass is 390 g/mol. The van der Waals surface area contributed by atoms with Gasteiger partial charge in [-0.2, -0.15) is 0 Å². The Bertz CT molecular complexity index is 196. The van der Waals surface area contributed by atoms with Gasteiger partial charge < -0.3 is 15.3 Å². The van der Waals surface area contributed by atoms with E-state index in [4.69, 9.17) is 15.3 Å². The van der Waals surface area contributed by atoms with Crippen LogP contribution in [0.5, 0.6) is 0 Å². The maximum atomic E-state index is 8.64. The smallest absolute Gasteiger partial charge is 0.0456 e. The Hall–Kier alpha value is -0.120. The normalized spacial score (nSPS) is 11.2. The zero-order chi connectivity index (χ0) is 21.0. The molecule has 0 aliphatic rings. The third kappa shape index (κ3) is 41.4. The molecule has 168 valence electrons. The van der Waals surface area contributed by atoms with Crippen molar-refractivity contribution in [2.24, 2.45) is 5.92 Å². The fourth-order valence-electron chi connectivity index (χ4n) is 2.89. The molecule has 27 heavy (non-hydrogen) atoms. The van der Waals surface area contributed by atoms with Crippen molar-refractivity contribution in [1.29, 1.82) is 0 Å². The predicted molar refractivity (Wildman–Crippen MR) is 121 cm³/mol. The number of aliphatic hydroxyl groups excluding tert-OH is 3. The molecule has 1 unspecified atom stereocenters. The van der Waals surface area contributed by atoms with Crippen molar-refractivity contribution in [2.75, 3.05) is 19.8 Å². The van der Waals surface area contributed by atoms with Crippen molar-refractivity contribution >= 4 is 0 Å². The lowest BCUT2D eigenvalue weighted by molar-refractivity contribution is 0.229. The summed E-state index contributed by atoms with van der Waals surface area (Å²) in [5.74, 6) is 0.505. The lowest BCUT2D eigenvalue weighted by Crippen LogP contribution is -1.98. The summed E-state index contributed by atoms with van der Waals surface area (Å²) >= 11 is 0. The molecule has 0 heterocycles. The molecule has 0 spiro atoms. The summed E-state index contributed by atoms with van der Waals surface area (Å²) in [6.07, 6.45) is 21.5. The first-order valence-corrected chi connectivity index (χ1v) is 12.0. The molecule has 0 bridgehead atoms. The van der Waals surface area contributed by atoms with Gasteiger partial charge in [0.25, 0.3) is 0 Å². The molecule has 0 aromatic rings. The fourth-order valence-corrected chi connectivity index (χ4v) is 2.89. The average molecular weight is 391 g/mol. The number of unbranched alkanes of at least 4 members (excludes halogenated alkanes) is 13. The van der Waals surface area contributed by atoms with E-state index in [1.807, 2.05) is 0 Å². The van der Waals surface area contributed by atoms with E-state index in [1.54, 1.807) is 6.92 Å². The van der Waals surface area contributed by atoms with E-state index < -0.39 is 0 Å².